The van der Waals surface area contributed by atoms with Crippen LogP contribution in [0.3, 0.4) is 0 Å². The fraction of sp³-hybridized carbons (Fsp3) is 0.467. The van der Waals surface area contributed by atoms with E-state index in [9.17, 15) is 14.7 Å². The van der Waals surface area contributed by atoms with Gasteiger partial charge in [-0.1, -0.05) is 19.3 Å². The molecule has 1 aromatic rings. The van der Waals surface area contributed by atoms with Gasteiger partial charge in [-0.15, -0.1) is 0 Å². The molecule has 1 aromatic carbocycles. The topological polar surface area (TPSA) is 102 Å². The summed E-state index contributed by atoms with van der Waals surface area (Å²) in [5.41, 5.74) is 5.47. The number of rotatable bonds is 4. The third kappa shape index (κ3) is 3.33. The summed E-state index contributed by atoms with van der Waals surface area (Å²) in [5.74, 6) is -1.03. The van der Waals surface area contributed by atoms with E-state index in [0.717, 1.165) is 19.3 Å². The van der Waals surface area contributed by atoms with Gasteiger partial charge in [0, 0.05) is 0 Å². The first-order chi connectivity index (χ1) is 9.96. The summed E-state index contributed by atoms with van der Waals surface area (Å²) in [7, 11) is 1.45. The van der Waals surface area contributed by atoms with Gasteiger partial charge in [0.2, 0.25) is 5.91 Å². The molecule has 1 fully saturated rings. The number of carboxylic acid groups (broad SMARTS) is 1. The van der Waals surface area contributed by atoms with Crippen LogP contribution in [-0.2, 0) is 4.79 Å². The van der Waals surface area contributed by atoms with Crippen LogP contribution in [-0.4, -0.2) is 29.6 Å². The number of ether oxygens (including phenoxy) is 1. The molecule has 0 unspecified atom stereocenters. The van der Waals surface area contributed by atoms with Gasteiger partial charge in [0.05, 0.1) is 23.9 Å². The lowest BCUT2D eigenvalue weighted by Gasteiger charge is -2.32. The summed E-state index contributed by atoms with van der Waals surface area (Å²) in [6, 6.07) is 4.50. The molecular formula is C15H20N2O4. The zero-order valence-electron chi connectivity index (χ0n) is 12.0. The summed E-state index contributed by atoms with van der Waals surface area (Å²) in [5, 5.41) is 11.9. The largest absolute Gasteiger partial charge is 0.497 e. The first-order valence-corrected chi connectivity index (χ1v) is 6.98. The minimum absolute atomic E-state index is 0.0119. The van der Waals surface area contributed by atoms with Crippen LogP contribution >= 0.6 is 0 Å². The van der Waals surface area contributed by atoms with E-state index in [2.05, 4.69) is 5.32 Å². The second-order valence-corrected chi connectivity index (χ2v) is 5.39. The predicted octanol–water partition coefficient (Wildman–Crippen LogP) is 1.99. The van der Waals surface area contributed by atoms with E-state index in [1.54, 1.807) is 6.07 Å². The van der Waals surface area contributed by atoms with Gasteiger partial charge < -0.3 is 20.9 Å². The van der Waals surface area contributed by atoms with Crippen molar-refractivity contribution in [3.05, 3.63) is 23.8 Å². The van der Waals surface area contributed by atoms with Gasteiger partial charge in [0.15, 0.2) is 0 Å². The summed E-state index contributed by atoms with van der Waals surface area (Å²) in [6.07, 6.45) is 4.15. The van der Waals surface area contributed by atoms with Crippen LogP contribution in [0.2, 0.25) is 0 Å². The van der Waals surface area contributed by atoms with E-state index in [4.69, 9.17) is 10.5 Å². The molecule has 114 valence electrons. The van der Waals surface area contributed by atoms with Crippen molar-refractivity contribution in [2.24, 2.45) is 5.73 Å². The number of amides is 1. The molecule has 0 bridgehead atoms. The van der Waals surface area contributed by atoms with Gasteiger partial charge in [0.1, 0.15) is 5.75 Å². The van der Waals surface area contributed by atoms with Crippen molar-refractivity contribution >= 4 is 17.6 Å². The monoisotopic (exact) mass is 292 g/mol. The van der Waals surface area contributed by atoms with Crippen molar-refractivity contribution in [3.63, 3.8) is 0 Å². The van der Waals surface area contributed by atoms with Gasteiger partial charge in [-0.25, -0.2) is 4.79 Å². The number of benzene rings is 1. The van der Waals surface area contributed by atoms with E-state index < -0.39 is 11.5 Å². The predicted molar refractivity (Wildman–Crippen MR) is 78.6 cm³/mol. The number of hydrogen-bond acceptors (Lipinski definition) is 4. The molecule has 21 heavy (non-hydrogen) atoms. The maximum absolute atomic E-state index is 12.4. The number of anilines is 1. The van der Waals surface area contributed by atoms with Crippen LogP contribution in [0.25, 0.3) is 0 Å². The molecule has 0 atom stereocenters. The number of nitrogens with two attached hydrogens (primary N) is 1. The molecule has 0 saturated heterocycles. The molecule has 2 rings (SSSR count). The van der Waals surface area contributed by atoms with Crippen molar-refractivity contribution in [1.82, 2.24) is 0 Å². The van der Waals surface area contributed by atoms with Gasteiger partial charge in [-0.2, -0.15) is 0 Å². The molecule has 1 aliphatic rings. The molecule has 0 aliphatic heterocycles. The van der Waals surface area contributed by atoms with Gasteiger partial charge in [-0.3, -0.25) is 4.79 Å². The second-order valence-electron chi connectivity index (χ2n) is 5.39. The number of carbonyl (C=O) groups excluding carboxylic acids is 1. The molecule has 1 amide bonds. The summed E-state index contributed by atoms with van der Waals surface area (Å²) < 4.78 is 5.00. The summed E-state index contributed by atoms with van der Waals surface area (Å²) >= 11 is 0. The van der Waals surface area contributed by atoms with E-state index in [1.165, 1.54) is 19.2 Å². The SMILES string of the molecule is COc1ccc(NC(=O)C2(N)CCCCC2)c(C(=O)O)c1. The Bertz CT molecular complexity index is 551. The first kappa shape index (κ1) is 15.3. The smallest absolute Gasteiger partial charge is 0.337 e. The van der Waals surface area contributed by atoms with Crippen molar-refractivity contribution in [2.75, 3.05) is 12.4 Å². The van der Waals surface area contributed by atoms with Crippen LogP contribution in [0, 0.1) is 0 Å². The van der Waals surface area contributed by atoms with Crippen LogP contribution < -0.4 is 15.8 Å². The van der Waals surface area contributed by atoms with E-state index >= 15 is 0 Å². The normalized spacial score (nSPS) is 17.0. The lowest BCUT2D eigenvalue weighted by molar-refractivity contribution is -0.122. The molecule has 4 N–H and O–H groups in total. The fourth-order valence-electron chi connectivity index (χ4n) is 2.59. The van der Waals surface area contributed by atoms with Crippen molar-refractivity contribution in [1.29, 1.82) is 0 Å². The van der Waals surface area contributed by atoms with Gasteiger partial charge >= 0.3 is 5.97 Å². The lowest BCUT2D eigenvalue weighted by Crippen LogP contribution is -2.52. The Hall–Kier alpha value is -2.08. The highest BCUT2D eigenvalue weighted by atomic mass is 16.5. The standard InChI is InChI=1S/C15H20N2O4/c1-21-10-5-6-12(11(9-10)13(18)19)17-14(20)15(16)7-3-2-4-8-15/h5-6,9H,2-4,7-8,16H2,1H3,(H,17,20)(H,18,19). The zero-order chi connectivity index (χ0) is 15.5. The lowest BCUT2D eigenvalue weighted by atomic mass is 9.82. The average Bonchev–Trinajstić information content (AvgIpc) is 2.48. The number of hydrogen-bond donors (Lipinski definition) is 3. The molecule has 6 heteroatoms. The molecule has 6 nitrogen and oxygen atoms in total. The maximum Gasteiger partial charge on any atom is 0.337 e. The Kier molecular flexibility index (Phi) is 4.47. The number of nitrogens with one attached hydrogen (secondary N) is 1. The Balaban J connectivity index is 2.22. The second kappa shape index (κ2) is 6.13. The summed E-state index contributed by atoms with van der Waals surface area (Å²) in [4.78, 5) is 23.6. The number of methoxy groups -OCH3 is 1. The zero-order valence-corrected chi connectivity index (χ0v) is 12.0. The Morgan fingerprint density at radius 2 is 1.95 bits per heavy atom. The van der Waals surface area contributed by atoms with Gasteiger partial charge in [-0.05, 0) is 31.0 Å². The maximum atomic E-state index is 12.4. The molecule has 1 saturated carbocycles. The Labute approximate surface area is 123 Å². The molecule has 1 aliphatic carbocycles. The number of aromatic carboxylic acids is 1. The molecule has 0 radical (unpaired) electrons. The van der Waals surface area contributed by atoms with E-state index in [0.29, 0.717) is 18.6 Å². The number of carboxylic acids is 1. The highest BCUT2D eigenvalue weighted by Crippen LogP contribution is 2.28. The first-order valence-electron chi connectivity index (χ1n) is 6.98. The van der Waals surface area contributed by atoms with Crippen LogP contribution in [0.5, 0.6) is 5.75 Å². The fourth-order valence-corrected chi connectivity index (χ4v) is 2.59. The minimum atomic E-state index is -1.13. The Morgan fingerprint density at radius 1 is 1.29 bits per heavy atom. The quantitative estimate of drug-likeness (QED) is 0.787. The van der Waals surface area contributed by atoms with E-state index in [1.807, 2.05) is 0 Å². The average molecular weight is 292 g/mol. The van der Waals surface area contributed by atoms with E-state index in [-0.39, 0.29) is 17.2 Å². The third-order valence-electron chi connectivity index (χ3n) is 3.90. The van der Waals surface area contributed by atoms with Crippen molar-refractivity contribution < 1.29 is 19.4 Å². The van der Waals surface area contributed by atoms with Crippen LogP contribution in [0.1, 0.15) is 42.5 Å². The molecule has 0 aromatic heterocycles. The molecular weight excluding hydrogens is 272 g/mol. The molecule has 0 heterocycles. The minimum Gasteiger partial charge on any atom is -0.497 e. The van der Waals surface area contributed by atoms with Crippen LogP contribution in [0.4, 0.5) is 5.69 Å². The van der Waals surface area contributed by atoms with Crippen molar-refractivity contribution in [3.8, 4) is 5.75 Å². The molecule has 0 spiro atoms. The number of carbonyl (C=O) groups is 2. The van der Waals surface area contributed by atoms with Crippen molar-refractivity contribution in [2.45, 2.75) is 37.6 Å². The highest BCUT2D eigenvalue weighted by molar-refractivity contribution is 6.04. The summed E-state index contributed by atoms with van der Waals surface area (Å²) in [6.45, 7) is 0. The third-order valence-corrected chi connectivity index (χ3v) is 3.90. The Morgan fingerprint density at radius 3 is 2.52 bits per heavy atom. The highest BCUT2D eigenvalue weighted by Gasteiger charge is 2.35. The van der Waals surface area contributed by atoms with Crippen LogP contribution in [0.15, 0.2) is 18.2 Å². The van der Waals surface area contributed by atoms with Gasteiger partial charge in [0.25, 0.3) is 0 Å².